The molecule has 0 radical (unpaired) electrons. The van der Waals surface area contributed by atoms with Crippen LogP contribution in [0.4, 0.5) is 5.69 Å². The lowest BCUT2D eigenvalue weighted by Crippen LogP contribution is -2.41. The molecular weight excluding hydrogens is 334 g/mol. The van der Waals surface area contributed by atoms with E-state index in [0.717, 1.165) is 11.4 Å². The number of para-hydroxylation sites is 2. The van der Waals surface area contributed by atoms with Crippen LogP contribution >= 0.6 is 12.4 Å². The minimum atomic E-state index is -0.0604. The molecule has 1 aliphatic heterocycles. The second kappa shape index (κ2) is 10.9. The Labute approximate surface area is 148 Å². The van der Waals surface area contributed by atoms with Gasteiger partial charge in [0.2, 0.25) is 5.91 Å². The molecule has 0 atom stereocenters. The lowest BCUT2D eigenvalue weighted by molar-refractivity contribution is -0.121. The molecule has 134 valence electrons. The van der Waals surface area contributed by atoms with Crippen molar-refractivity contribution in [1.82, 2.24) is 10.6 Å². The number of nitrogens with one attached hydrogen (secondary N) is 2. The normalized spacial score (nSPS) is 12.9. The van der Waals surface area contributed by atoms with Gasteiger partial charge in [0, 0.05) is 26.7 Å². The quantitative estimate of drug-likeness (QED) is 0.632. The van der Waals surface area contributed by atoms with Gasteiger partial charge in [-0.15, -0.1) is 12.4 Å². The highest BCUT2D eigenvalue weighted by molar-refractivity contribution is 5.97. The smallest absolute Gasteiger partial charge is 0.265 e. The van der Waals surface area contributed by atoms with Crippen molar-refractivity contribution in [2.45, 2.75) is 6.42 Å². The molecule has 7 nitrogen and oxygen atoms in total. The maximum atomic E-state index is 12.0. The first-order valence-corrected chi connectivity index (χ1v) is 7.71. The average molecular weight is 358 g/mol. The van der Waals surface area contributed by atoms with Crippen LogP contribution in [0, 0.1) is 0 Å². The molecule has 2 amide bonds. The van der Waals surface area contributed by atoms with Crippen LogP contribution in [0.3, 0.4) is 0 Å². The second-order valence-corrected chi connectivity index (χ2v) is 5.17. The fourth-order valence-corrected chi connectivity index (χ4v) is 2.30. The van der Waals surface area contributed by atoms with E-state index in [0.29, 0.717) is 32.7 Å². The first-order chi connectivity index (χ1) is 11.2. The number of halogens is 1. The van der Waals surface area contributed by atoms with Crippen LogP contribution in [0.5, 0.6) is 5.75 Å². The minimum Gasteiger partial charge on any atom is -0.482 e. The number of carbonyl (C=O) groups excluding carboxylic acids is 2. The molecule has 0 bridgehead atoms. The molecule has 8 heteroatoms. The molecule has 2 N–H and O–H groups in total. The van der Waals surface area contributed by atoms with Gasteiger partial charge >= 0.3 is 0 Å². The van der Waals surface area contributed by atoms with Crippen molar-refractivity contribution in [3.8, 4) is 5.75 Å². The highest BCUT2D eigenvalue weighted by atomic mass is 35.5. The number of fused-ring (bicyclic) bond motifs is 1. The molecule has 1 aromatic carbocycles. The third-order valence-corrected chi connectivity index (χ3v) is 3.46. The Bertz CT molecular complexity index is 542. The molecule has 2 rings (SSSR count). The SMILES string of the molecule is COCCNCC(=O)NCCCN1C(=O)COc2ccccc21.Cl. The van der Waals surface area contributed by atoms with E-state index in [2.05, 4.69) is 10.6 Å². The Balaban J connectivity index is 0.00000288. The van der Waals surface area contributed by atoms with Gasteiger partial charge in [-0.2, -0.15) is 0 Å². The summed E-state index contributed by atoms with van der Waals surface area (Å²) in [6, 6.07) is 7.47. The van der Waals surface area contributed by atoms with Crippen LogP contribution < -0.4 is 20.3 Å². The Morgan fingerprint density at radius 1 is 1.33 bits per heavy atom. The minimum absolute atomic E-state index is 0. The van der Waals surface area contributed by atoms with E-state index in [1.54, 1.807) is 12.0 Å². The monoisotopic (exact) mass is 357 g/mol. The summed E-state index contributed by atoms with van der Waals surface area (Å²) in [5.74, 6) is 0.601. The molecule has 1 aromatic rings. The van der Waals surface area contributed by atoms with Gasteiger partial charge in [-0.25, -0.2) is 0 Å². The summed E-state index contributed by atoms with van der Waals surface area (Å²) in [6.07, 6.45) is 0.684. The van der Waals surface area contributed by atoms with Gasteiger partial charge < -0.3 is 25.0 Å². The molecule has 0 fully saturated rings. The summed E-state index contributed by atoms with van der Waals surface area (Å²) in [7, 11) is 1.62. The van der Waals surface area contributed by atoms with Crippen LogP contribution in [-0.4, -0.2) is 58.3 Å². The molecule has 24 heavy (non-hydrogen) atoms. The number of benzene rings is 1. The summed E-state index contributed by atoms with van der Waals surface area (Å²) < 4.78 is 10.3. The summed E-state index contributed by atoms with van der Waals surface area (Å²) in [6.45, 7) is 2.62. The first kappa shape index (κ1) is 20.2. The van der Waals surface area contributed by atoms with Gasteiger partial charge in [-0.05, 0) is 18.6 Å². The van der Waals surface area contributed by atoms with Crippen molar-refractivity contribution in [2.24, 2.45) is 0 Å². The third kappa shape index (κ3) is 5.99. The number of hydrogen-bond acceptors (Lipinski definition) is 5. The maximum Gasteiger partial charge on any atom is 0.265 e. The molecule has 0 saturated carbocycles. The van der Waals surface area contributed by atoms with E-state index >= 15 is 0 Å². The number of carbonyl (C=O) groups is 2. The van der Waals surface area contributed by atoms with Gasteiger partial charge in [0.15, 0.2) is 6.61 Å². The highest BCUT2D eigenvalue weighted by Crippen LogP contribution is 2.31. The Morgan fingerprint density at radius 3 is 2.92 bits per heavy atom. The third-order valence-electron chi connectivity index (χ3n) is 3.46. The maximum absolute atomic E-state index is 12.0. The molecule has 0 aliphatic carbocycles. The second-order valence-electron chi connectivity index (χ2n) is 5.17. The molecule has 0 unspecified atom stereocenters. The van der Waals surface area contributed by atoms with E-state index < -0.39 is 0 Å². The zero-order valence-corrected chi connectivity index (χ0v) is 14.6. The van der Waals surface area contributed by atoms with E-state index in [9.17, 15) is 9.59 Å². The van der Waals surface area contributed by atoms with Gasteiger partial charge in [0.1, 0.15) is 5.75 Å². The zero-order chi connectivity index (χ0) is 16.5. The number of hydrogen-bond donors (Lipinski definition) is 2. The van der Waals surface area contributed by atoms with Crippen molar-refractivity contribution in [3.63, 3.8) is 0 Å². The van der Waals surface area contributed by atoms with Gasteiger partial charge in [0.05, 0.1) is 18.8 Å². The highest BCUT2D eigenvalue weighted by Gasteiger charge is 2.24. The molecule has 1 aliphatic rings. The number of ether oxygens (including phenoxy) is 2. The number of amides is 2. The standard InChI is InChI=1S/C16H23N3O4.ClH/c1-22-10-8-17-11-15(20)18-7-4-9-19-13-5-2-3-6-14(13)23-12-16(19)21;/h2-3,5-6,17H,4,7-12H2,1H3,(H,18,20);1H. The van der Waals surface area contributed by atoms with Crippen LogP contribution in [0.2, 0.25) is 0 Å². The Morgan fingerprint density at radius 2 is 2.12 bits per heavy atom. The van der Waals surface area contributed by atoms with Crippen LogP contribution in [0.1, 0.15) is 6.42 Å². The van der Waals surface area contributed by atoms with Crippen LogP contribution in [0.25, 0.3) is 0 Å². The molecule has 0 saturated heterocycles. The van der Waals surface area contributed by atoms with Gasteiger partial charge in [-0.1, -0.05) is 12.1 Å². The Kier molecular flexibility index (Phi) is 9.14. The van der Waals surface area contributed by atoms with Crippen molar-refractivity contribution in [3.05, 3.63) is 24.3 Å². The van der Waals surface area contributed by atoms with Crippen molar-refractivity contribution in [2.75, 3.05) is 51.4 Å². The predicted molar refractivity (Wildman–Crippen MR) is 93.9 cm³/mol. The van der Waals surface area contributed by atoms with E-state index in [-0.39, 0.29) is 37.4 Å². The average Bonchev–Trinajstić information content (AvgIpc) is 2.57. The lowest BCUT2D eigenvalue weighted by atomic mass is 10.2. The van der Waals surface area contributed by atoms with Gasteiger partial charge in [0.25, 0.3) is 5.91 Å². The van der Waals surface area contributed by atoms with Crippen molar-refractivity contribution < 1.29 is 19.1 Å². The van der Waals surface area contributed by atoms with E-state index in [1.807, 2.05) is 24.3 Å². The van der Waals surface area contributed by atoms with E-state index in [1.165, 1.54) is 0 Å². The number of anilines is 1. The summed E-state index contributed by atoms with van der Waals surface area (Å²) in [5.41, 5.74) is 0.788. The fraction of sp³-hybridized carbons (Fsp3) is 0.500. The van der Waals surface area contributed by atoms with Crippen molar-refractivity contribution >= 4 is 29.9 Å². The summed E-state index contributed by atoms with van der Waals surface area (Å²) in [5, 5.41) is 5.80. The lowest BCUT2D eigenvalue weighted by Gasteiger charge is -2.29. The van der Waals surface area contributed by atoms with Gasteiger partial charge in [-0.3, -0.25) is 9.59 Å². The molecule has 0 aromatic heterocycles. The predicted octanol–water partition coefficient (Wildman–Crippen LogP) is 0.576. The van der Waals surface area contributed by atoms with Crippen LogP contribution in [-0.2, 0) is 14.3 Å². The fourth-order valence-electron chi connectivity index (χ4n) is 2.30. The van der Waals surface area contributed by atoms with Crippen molar-refractivity contribution in [1.29, 1.82) is 0 Å². The summed E-state index contributed by atoms with van der Waals surface area (Å²) >= 11 is 0. The Hall–Kier alpha value is -1.83. The van der Waals surface area contributed by atoms with E-state index in [4.69, 9.17) is 9.47 Å². The molecule has 0 spiro atoms. The number of nitrogens with zero attached hydrogens (tertiary/aromatic N) is 1. The largest absolute Gasteiger partial charge is 0.482 e. The topological polar surface area (TPSA) is 79.9 Å². The number of methoxy groups -OCH3 is 1. The molecular formula is C16H24ClN3O4. The molecule has 1 heterocycles. The zero-order valence-electron chi connectivity index (χ0n) is 13.7. The van der Waals surface area contributed by atoms with Crippen LogP contribution in [0.15, 0.2) is 24.3 Å². The first-order valence-electron chi connectivity index (χ1n) is 7.71. The summed E-state index contributed by atoms with van der Waals surface area (Å²) in [4.78, 5) is 25.3. The number of rotatable bonds is 9.